The van der Waals surface area contributed by atoms with Crippen molar-refractivity contribution in [2.75, 3.05) is 11.9 Å². The van der Waals surface area contributed by atoms with Gasteiger partial charge in [-0.25, -0.2) is 0 Å². The number of likely N-dealkylation sites (tertiary alicyclic amines) is 1. The number of anilines is 1. The van der Waals surface area contributed by atoms with Crippen LogP contribution in [0.2, 0.25) is 0 Å². The molecule has 1 aliphatic heterocycles. The van der Waals surface area contributed by atoms with Crippen molar-refractivity contribution in [2.24, 2.45) is 5.73 Å². The molecule has 0 radical (unpaired) electrons. The van der Waals surface area contributed by atoms with Gasteiger partial charge in [-0.15, -0.1) is 10.2 Å². The van der Waals surface area contributed by atoms with Crippen LogP contribution in [0.1, 0.15) is 27.3 Å². The van der Waals surface area contributed by atoms with Crippen molar-refractivity contribution >= 4 is 28.3 Å². The molecule has 1 unspecified atom stereocenters. The number of hydrogen-bond acceptors (Lipinski definition) is 6. The Bertz CT molecular complexity index is 839. The minimum Gasteiger partial charge on any atom is -0.363 e. The molecule has 3 rings (SSSR count). The first kappa shape index (κ1) is 18.1. The summed E-state index contributed by atoms with van der Waals surface area (Å²) in [7, 11) is 0. The van der Waals surface area contributed by atoms with E-state index >= 15 is 0 Å². The van der Waals surface area contributed by atoms with E-state index in [1.807, 2.05) is 0 Å². The van der Waals surface area contributed by atoms with Gasteiger partial charge in [-0.2, -0.15) is 13.2 Å². The maximum atomic E-state index is 13.1. The van der Waals surface area contributed by atoms with E-state index in [1.54, 1.807) is 0 Å². The number of nitrogens with zero attached hydrogens (tertiary/aromatic N) is 3. The predicted octanol–water partition coefficient (Wildman–Crippen LogP) is 1.87. The number of halogens is 3. The molecular weight excluding hydrogens is 371 g/mol. The Labute approximate surface area is 150 Å². The van der Waals surface area contributed by atoms with Gasteiger partial charge in [0, 0.05) is 19.5 Å². The third-order valence-electron chi connectivity index (χ3n) is 3.86. The number of primary amides is 1. The van der Waals surface area contributed by atoms with Crippen molar-refractivity contribution < 1.29 is 22.8 Å². The largest absolute Gasteiger partial charge is 0.416 e. The van der Waals surface area contributed by atoms with Crippen LogP contribution in [0.4, 0.5) is 18.3 Å². The Morgan fingerprint density at radius 2 is 2.08 bits per heavy atom. The molecular formula is C15H14F3N5O2S. The summed E-state index contributed by atoms with van der Waals surface area (Å²) in [6.45, 7) is 0.0891. The smallest absolute Gasteiger partial charge is 0.363 e. The number of carbonyl (C=O) groups excluding carboxylic acids is 2. The number of nitrogens with two attached hydrogens (primary N) is 1. The zero-order valence-electron chi connectivity index (χ0n) is 13.3. The van der Waals surface area contributed by atoms with Crippen LogP contribution in [0.5, 0.6) is 0 Å². The molecule has 2 heterocycles. The first-order valence-electron chi connectivity index (χ1n) is 7.57. The highest BCUT2D eigenvalue weighted by Gasteiger charge is 2.35. The fourth-order valence-corrected chi connectivity index (χ4v) is 3.39. The average molecular weight is 385 g/mol. The van der Waals surface area contributed by atoms with Crippen LogP contribution in [0.25, 0.3) is 0 Å². The minimum atomic E-state index is -4.48. The van der Waals surface area contributed by atoms with Crippen LogP contribution in [-0.4, -0.2) is 39.5 Å². The molecule has 1 aliphatic rings. The molecule has 0 saturated carbocycles. The van der Waals surface area contributed by atoms with Crippen molar-refractivity contribution in [3.05, 3.63) is 40.4 Å². The van der Waals surface area contributed by atoms with Crippen molar-refractivity contribution in [2.45, 2.75) is 25.2 Å². The summed E-state index contributed by atoms with van der Waals surface area (Å²) in [4.78, 5) is 24.5. The van der Waals surface area contributed by atoms with Gasteiger partial charge >= 0.3 is 6.18 Å². The number of alkyl halides is 3. The van der Waals surface area contributed by atoms with E-state index < -0.39 is 17.6 Å². The van der Waals surface area contributed by atoms with E-state index in [9.17, 15) is 22.8 Å². The Morgan fingerprint density at radius 3 is 2.73 bits per heavy atom. The van der Waals surface area contributed by atoms with Crippen LogP contribution in [-0.2, 0) is 17.5 Å². The van der Waals surface area contributed by atoms with Gasteiger partial charge in [0.2, 0.25) is 16.0 Å². The Balaban J connectivity index is 1.68. The fraction of sp³-hybridized carbons (Fsp3) is 0.333. The predicted molar refractivity (Wildman–Crippen MR) is 87.3 cm³/mol. The molecule has 3 N–H and O–H groups in total. The molecule has 0 aliphatic carbocycles. The van der Waals surface area contributed by atoms with Gasteiger partial charge in [-0.3, -0.25) is 9.59 Å². The van der Waals surface area contributed by atoms with E-state index in [1.165, 1.54) is 23.1 Å². The maximum Gasteiger partial charge on any atom is 0.416 e. The minimum absolute atomic E-state index is 0.0350. The summed E-state index contributed by atoms with van der Waals surface area (Å²) in [5, 5.41) is 10.7. The van der Waals surface area contributed by atoms with E-state index in [4.69, 9.17) is 5.73 Å². The molecule has 0 bridgehead atoms. The van der Waals surface area contributed by atoms with Crippen LogP contribution in [0.15, 0.2) is 24.3 Å². The second-order valence-corrected chi connectivity index (χ2v) is 6.73. The normalized spacial score (nSPS) is 17.6. The van der Waals surface area contributed by atoms with Gasteiger partial charge in [0.15, 0.2) is 0 Å². The Morgan fingerprint density at radius 1 is 1.35 bits per heavy atom. The summed E-state index contributed by atoms with van der Waals surface area (Å²) in [5.41, 5.74) is 4.39. The molecule has 7 nitrogen and oxygen atoms in total. The van der Waals surface area contributed by atoms with Crippen LogP contribution in [0, 0.1) is 0 Å². The van der Waals surface area contributed by atoms with E-state index in [-0.39, 0.29) is 42.0 Å². The van der Waals surface area contributed by atoms with Crippen LogP contribution < -0.4 is 11.1 Å². The summed E-state index contributed by atoms with van der Waals surface area (Å²) in [5.74, 6) is -0.970. The molecule has 138 valence electrons. The summed E-state index contributed by atoms with van der Waals surface area (Å²) >= 11 is 0.954. The molecule has 2 amide bonds. The zero-order valence-corrected chi connectivity index (χ0v) is 14.1. The fourth-order valence-electron chi connectivity index (χ4n) is 2.72. The zero-order chi connectivity index (χ0) is 18.9. The Hall–Kier alpha value is -2.69. The standard InChI is InChI=1S/C15H14F3N5O2S/c16-15(17,18)10-4-2-1-3-8(10)6-23-7-9(5-11(23)24)20-14-22-21-13(26-14)12(19)25/h1-4,9H,5-7H2,(H2,19,25)(H,20,22). The SMILES string of the molecule is NC(=O)c1nnc(NC2CC(=O)N(Cc3ccccc3C(F)(F)F)C2)s1. The van der Waals surface area contributed by atoms with Gasteiger partial charge in [0.25, 0.3) is 5.91 Å². The first-order chi connectivity index (χ1) is 12.2. The summed E-state index contributed by atoms with van der Waals surface area (Å²) < 4.78 is 39.3. The molecule has 11 heteroatoms. The van der Waals surface area contributed by atoms with Gasteiger partial charge in [-0.1, -0.05) is 29.5 Å². The third kappa shape index (κ3) is 3.93. The molecule has 2 aromatic rings. The number of carbonyl (C=O) groups is 2. The number of rotatable bonds is 5. The highest BCUT2D eigenvalue weighted by atomic mass is 32.1. The van der Waals surface area contributed by atoms with Gasteiger partial charge in [0.1, 0.15) is 0 Å². The molecule has 1 aromatic heterocycles. The molecule has 1 fully saturated rings. The quantitative estimate of drug-likeness (QED) is 0.818. The number of amides is 2. The molecule has 26 heavy (non-hydrogen) atoms. The number of benzene rings is 1. The van der Waals surface area contributed by atoms with Crippen molar-refractivity contribution in [1.82, 2.24) is 15.1 Å². The second kappa shape index (κ2) is 6.90. The lowest BCUT2D eigenvalue weighted by atomic mass is 10.1. The maximum absolute atomic E-state index is 13.1. The average Bonchev–Trinajstić information content (AvgIpc) is 3.15. The highest BCUT2D eigenvalue weighted by molar-refractivity contribution is 7.17. The van der Waals surface area contributed by atoms with Gasteiger partial charge in [-0.05, 0) is 11.6 Å². The number of aromatic nitrogens is 2. The molecule has 1 aromatic carbocycles. The number of nitrogens with one attached hydrogen (secondary N) is 1. The monoisotopic (exact) mass is 385 g/mol. The molecule has 1 saturated heterocycles. The van der Waals surface area contributed by atoms with Crippen LogP contribution in [0.3, 0.4) is 0 Å². The van der Waals surface area contributed by atoms with Gasteiger partial charge < -0.3 is 16.0 Å². The molecule has 1 atom stereocenters. The van der Waals surface area contributed by atoms with Gasteiger partial charge in [0.05, 0.1) is 11.6 Å². The first-order valence-corrected chi connectivity index (χ1v) is 8.38. The van der Waals surface area contributed by atoms with Crippen LogP contribution >= 0.6 is 11.3 Å². The summed E-state index contributed by atoms with van der Waals surface area (Å²) in [6, 6.07) is 4.84. The lowest BCUT2D eigenvalue weighted by Gasteiger charge is -2.20. The second-order valence-electron chi connectivity index (χ2n) is 5.75. The summed E-state index contributed by atoms with van der Waals surface area (Å²) in [6.07, 6.45) is -4.37. The highest BCUT2D eigenvalue weighted by Crippen LogP contribution is 2.33. The lowest BCUT2D eigenvalue weighted by Crippen LogP contribution is -2.28. The van der Waals surface area contributed by atoms with E-state index in [2.05, 4.69) is 15.5 Å². The van der Waals surface area contributed by atoms with Crippen molar-refractivity contribution in [3.63, 3.8) is 0 Å². The lowest BCUT2D eigenvalue weighted by molar-refractivity contribution is -0.139. The van der Waals surface area contributed by atoms with E-state index in [0.717, 1.165) is 17.4 Å². The number of hydrogen-bond donors (Lipinski definition) is 2. The van der Waals surface area contributed by atoms with E-state index in [0.29, 0.717) is 5.13 Å². The topological polar surface area (TPSA) is 101 Å². The van der Waals surface area contributed by atoms with Crippen molar-refractivity contribution in [1.29, 1.82) is 0 Å². The van der Waals surface area contributed by atoms with Crippen molar-refractivity contribution in [3.8, 4) is 0 Å². The Kier molecular flexibility index (Phi) is 4.81. The molecule has 0 spiro atoms. The third-order valence-corrected chi connectivity index (χ3v) is 4.73.